The van der Waals surface area contributed by atoms with Gasteiger partial charge in [-0.05, 0) is 45.4 Å². The summed E-state index contributed by atoms with van der Waals surface area (Å²) in [6.45, 7) is 7.65. The van der Waals surface area contributed by atoms with E-state index in [9.17, 15) is 9.35 Å². The number of nitrogens with one attached hydrogen (secondary N) is 1. The molecule has 0 saturated heterocycles. The second-order valence-electron chi connectivity index (χ2n) is 5.34. The van der Waals surface area contributed by atoms with E-state index >= 15 is 0 Å². The first-order valence-corrected chi connectivity index (χ1v) is 7.27. The lowest BCUT2D eigenvalue weighted by Gasteiger charge is -2.26. The van der Waals surface area contributed by atoms with Gasteiger partial charge >= 0.3 is 5.97 Å². The molecule has 0 aromatic heterocycles. The van der Waals surface area contributed by atoms with Crippen molar-refractivity contribution >= 4 is 17.3 Å². The summed E-state index contributed by atoms with van der Waals surface area (Å²) >= 11 is -1.15. The Morgan fingerprint density at radius 1 is 1.42 bits per heavy atom. The molecule has 1 N–H and O–H groups in total. The molecule has 0 fully saturated rings. The van der Waals surface area contributed by atoms with Gasteiger partial charge in [0.25, 0.3) is 0 Å². The minimum absolute atomic E-state index is 0.107. The summed E-state index contributed by atoms with van der Waals surface area (Å²) in [5.74, 6) is -0.369. The number of hydrogen-bond donors (Lipinski definition) is 1. The van der Waals surface area contributed by atoms with Crippen molar-refractivity contribution in [3.8, 4) is 0 Å². The molecule has 0 amide bonds. The van der Waals surface area contributed by atoms with E-state index in [0.29, 0.717) is 5.56 Å². The Morgan fingerprint density at radius 2 is 2.05 bits per heavy atom. The van der Waals surface area contributed by atoms with Gasteiger partial charge in [0, 0.05) is 11.4 Å². The fourth-order valence-corrected chi connectivity index (χ4v) is 2.27. The fraction of sp³-hybridized carbons (Fsp3) is 0.500. The van der Waals surface area contributed by atoms with E-state index in [1.54, 1.807) is 18.2 Å². The van der Waals surface area contributed by atoms with E-state index < -0.39 is 11.4 Å². The monoisotopic (exact) mass is 283 g/mol. The predicted octanol–water partition coefficient (Wildman–Crippen LogP) is 2.59. The minimum Gasteiger partial charge on any atom is -0.598 e. The van der Waals surface area contributed by atoms with Crippen molar-refractivity contribution in [2.75, 3.05) is 7.11 Å². The molecular weight excluding hydrogens is 262 g/mol. The zero-order valence-corrected chi connectivity index (χ0v) is 12.8. The topological polar surface area (TPSA) is 61.4 Å². The molecule has 0 radical (unpaired) electrons. The average Bonchev–Trinajstić information content (AvgIpc) is 2.36. The van der Waals surface area contributed by atoms with Crippen LogP contribution in [0.5, 0.6) is 0 Å². The third-order valence-electron chi connectivity index (χ3n) is 2.65. The SMILES string of the molecule is COC(=O)c1cccc([C@@H](C)N[S+]([O-])C(C)(C)C)c1. The summed E-state index contributed by atoms with van der Waals surface area (Å²) in [5, 5.41) is 0. The number of rotatable bonds is 4. The van der Waals surface area contributed by atoms with Gasteiger partial charge < -0.3 is 9.29 Å². The Balaban J connectivity index is 2.83. The summed E-state index contributed by atoms with van der Waals surface area (Å²) in [4.78, 5) is 11.5. The van der Waals surface area contributed by atoms with Crippen molar-refractivity contribution in [2.24, 2.45) is 0 Å². The minimum atomic E-state index is -1.15. The molecule has 0 saturated carbocycles. The highest BCUT2D eigenvalue weighted by Gasteiger charge is 2.28. The molecule has 106 valence electrons. The largest absolute Gasteiger partial charge is 0.598 e. The maximum atomic E-state index is 12.0. The number of carbonyl (C=O) groups is 1. The third kappa shape index (κ3) is 4.53. The van der Waals surface area contributed by atoms with E-state index in [2.05, 4.69) is 9.46 Å². The Morgan fingerprint density at radius 3 is 2.58 bits per heavy atom. The summed E-state index contributed by atoms with van der Waals surface area (Å²) in [6.07, 6.45) is 0. The van der Waals surface area contributed by atoms with E-state index in [1.165, 1.54) is 7.11 Å². The molecule has 1 rings (SSSR count). The van der Waals surface area contributed by atoms with Crippen LogP contribution in [0.15, 0.2) is 24.3 Å². The molecule has 1 unspecified atom stereocenters. The molecule has 0 heterocycles. The lowest BCUT2D eigenvalue weighted by Crippen LogP contribution is -2.40. The van der Waals surface area contributed by atoms with E-state index in [0.717, 1.165) is 5.56 Å². The number of benzene rings is 1. The van der Waals surface area contributed by atoms with Crippen LogP contribution in [-0.4, -0.2) is 22.4 Å². The van der Waals surface area contributed by atoms with Crippen LogP contribution in [0.4, 0.5) is 0 Å². The fourth-order valence-electron chi connectivity index (χ4n) is 1.46. The highest BCUT2D eigenvalue weighted by molar-refractivity contribution is 7.90. The van der Waals surface area contributed by atoms with Crippen molar-refractivity contribution in [3.05, 3.63) is 35.4 Å². The van der Waals surface area contributed by atoms with Crippen molar-refractivity contribution < 1.29 is 14.1 Å². The maximum Gasteiger partial charge on any atom is 0.337 e. The van der Waals surface area contributed by atoms with Gasteiger partial charge in [-0.3, -0.25) is 0 Å². The van der Waals surface area contributed by atoms with Gasteiger partial charge in [-0.1, -0.05) is 12.1 Å². The summed E-state index contributed by atoms with van der Waals surface area (Å²) in [6, 6.07) is 7.03. The van der Waals surface area contributed by atoms with Crippen LogP contribution in [-0.2, 0) is 16.1 Å². The van der Waals surface area contributed by atoms with Crippen LogP contribution in [0, 0.1) is 0 Å². The lowest BCUT2D eigenvalue weighted by molar-refractivity contribution is 0.0600. The van der Waals surface area contributed by atoms with Gasteiger partial charge in [0.2, 0.25) is 0 Å². The normalized spacial score (nSPS) is 14.8. The second kappa shape index (κ2) is 6.41. The molecule has 4 nitrogen and oxygen atoms in total. The number of ether oxygens (including phenoxy) is 1. The first-order valence-electron chi connectivity index (χ1n) is 6.12. The molecule has 1 aromatic rings. The van der Waals surface area contributed by atoms with Crippen LogP contribution in [0.2, 0.25) is 0 Å². The third-order valence-corrected chi connectivity index (χ3v) is 4.33. The van der Waals surface area contributed by atoms with E-state index in [1.807, 2.05) is 33.8 Å². The van der Waals surface area contributed by atoms with Gasteiger partial charge in [-0.2, -0.15) is 0 Å². The summed E-state index contributed by atoms with van der Waals surface area (Å²) < 4.78 is 19.4. The number of hydrogen-bond acceptors (Lipinski definition) is 4. The Hall–Kier alpha value is -1.04. The van der Waals surface area contributed by atoms with Crippen molar-refractivity contribution in [2.45, 2.75) is 38.5 Å². The van der Waals surface area contributed by atoms with Crippen LogP contribution in [0.1, 0.15) is 49.7 Å². The van der Waals surface area contributed by atoms with Crippen molar-refractivity contribution in [1.29, 1.82) is 0 Å². The molecule has 0 bridgehead atoms. The first-order chi connectivity index (χ1) is 8.75. The van der Waals surface area contributed by atoms with Crippen LogP contribution in [0.25, 0.3) is 0 Å². The van der Waals surface area contributed by atoms with Gasteiger partial charge in [0.15, 0.2) is 0 Å². The predicted molar refractivity (Wildman–Crippen MR) is 77.2 cm³/mol. The van der Waals surface area contributed by atoms with Crippen LogP contribution in [0.3, 0.4) is 0 Å². The molecular formula is C14H21NO3S. The van der Waals surface area contributed by atoms with Crippen LogP contribution < -0.4 is 4.72 Å². The Bertz CT molecular complexity index is 443. The molecule has 0 spiro atoms. The Labute approximate surface area is 117 Å². The first kappa shape index (κ1) is 16.0. The van der Waals surface area contributed by atoms with Gasteiger partial charge in [-0.25, -0.2) is 4.79 Å². The Kier molecular flexibility index (Phi) is 5.40. The quantitative estimate of drug-likeness (QED) is 0.681. The molecule has 2 atom stereocenters. The molecule has 19 heavy (non-hydrogen) atoms. The lowest BCUT2D eigenvalue weighted by atomic mass is 10.1. The van der Waals surface area contributed by atoms with Crippen molar-refractivity contribution in [1.82, 2.24) is 4.72 Å². The maximum absolute atomic E-state index is 12.0. The van der Waals surface area contributed by atoms with Crippen LogP contribution >= 0.6 is 0 Å². The molecule has 0 aliphatic carbocycles. The van der Waals surface area contributed by atoms with Crippen molar-refractivity contribution in [3.63, 3.8) is 0 Å². The van der Waals surface area contributed by atoms with Gasteiger partial charge in [0.05, 0.1) is 18.7 Å². The number of carbonyl (C=O) groups excluding carboxylic acids is 1. The number of methoxy groups -OCH3 is 1. The van der Waals surface area contributed by atoms with E-state index in [4.69, 9.17) is 0 Å². The highest BCUT2D eigenvalue weighted by Crippen LogP contribution is 2.20. The molecule has 0 aliphatic rings. The standard InChI is InChI=1S/C14H21NO3S/c1-10(15-19(17)14(2,3)4)11-7-6-8-12(9-11)13(16)18-5/h6-10,15H,1-5H3/t10-,19?/m1/s1. The average molecular weight is 283 g/mol. The molecule has 5 heteroatoms. The summed E-state index contributed by atoms with van der Waals surface area (Å²) in [7, 11) is 1.35. The number of esters is 1. The summed E-state index contributed by atoms with van der Waals surface area (Å²) in [5.41, 5.74) is 1.40. The van der Waals surface area contributed by atoms with Gasteiger partial charge in [-0.15, -0.1) is 4.72 Å². The molecule has 1 aromatic carbocycles. The zero-order valence-electron chi connectivity index (χ0n) is 12.0. The smallest absolute Gasteiger partial charge is 0.337 e. The highest BCUT2D eigenvalue weighted by atomic mass is 32.2. The van der Waals surface area contributed by atoms with E-state index in [-0.39, 0.29) is 16.8 Å². The zero-order chi connectivity index (χ0) is 14.6. The second-order valence-corrected chi connectivity index (χ2v) is 7.34. The molecule has 0 aliphatic heterocycles. The van der Waals surface area contributed by atoms with Gasteiger partial charge in [0.1, 0.15) is 4.75 Å².